The highest BCUT2D eigenvalue weighted by Crippen LogP contribution is 2.36. The van der Waals surface area contributed by atoms with E-state index in [0.29, 0.717) is 12.5 Å². The lowest BCUT2D eigenvalue weighted by Crippen LogP contribution is -2.37. The van der Waals surface area contributed by atoms with Crippen LogP contribution in [0, 0.1) is 5.92 Å². The Bertz CT molecular complexity index is 356. The van der Waals surface area contributed by atoms with Gasteiger partial charge in [0.25, 0.3) is 0 Å². The van der Waals surface area contributed by atoms with Gasteiger partial charge in [-0.15, -0.1) is 0 Å². The molecule has 0 N–H and O–H groups in total. The zero-order valence-corrected chi connectivity index (χ0v) is 11.5. The van der Waals surface area contributed by atoms with Crippen molar-refractivity contribution in [2.24, 2.45) is 5.92 Å². The van der Waals surface area contributed by atoms with Crippen molar-refractivity contribution in [1.29, 1.82) is 0 Å². The molecule has 2 saturated heterocycles. The number of nitrogens with zero attached hydrogens (tertiary/aromatic N) is 1. The largest absolute Gasteiger partial charge is 0.449 e. The SMILES string of the molecule is O=C(OCC1CCOCC1)N1CCC(=C2CC2)CC1. The maximum Gasteiger partial charge on any atom is 0.409 e. The van der Waals surface area contributed by atoms with Crippen LogP contribution in [-0.4, -0.2) is 43.9 Å². The molecule has 0 bridgehead atoms. The topological polar surface area (TPSA) is 38.8 Å². The lowest BCUT2D eigenvalue weighted by Gasteiger charge is -2.29. The van der Waals surface area contributed by atoms with E-state index in [4.69, 9.17) is 9.47 Å². The highest BCUT2D eigenvalue weighted by molar-refractivity contribution is 5.68. The lowest BCUT2D eigenvalue weighted by molar-refractivity contribution is 0.0288. The normalized spacial score (nSPS) is 24.5. The van der Waals surface area contributed by atoms with Gasteiger partial charge in [-0.1, -0.05) is 11.1 Å². The first-order valence-electron chi connectivity index (χ1n) is 7.52. The summed E-state index contributed by atoms with van der Waals surface area (Å²) in [5.41, 5.74) is 3.25. The quantitative estimate of drug-likeness (QED) is 0.721. The fourth-order valence-electron chi connectivity index (χ4n) is 2.92. The molecule has 0 unspecified atom stereocenters. The second-order valence-electron chi connectivity index (χ2n) is 5.83. The Hall–Kier alpha value is -1.03. The van der Waals surface area contributed by atoms with E-state index in [1.54, 1.807) is 11.1 Å². The van der Waals surface area contributed by atoms with Crippen LogP contribution in [0.3, 0.4) is 0 Å². The summed E-state index contributed by atoms with van der Waals surface area (Å²) < 4.78 is 10.8. The van der Waals surface area contributed by atoms with Crippen molar-refractivity contribution in [2.45, 2.75) is 38.5 Å². The number of piperidine rings is 1. The van der Waals surface area contributed by atoms with Crippen LogP contribution >= 0.6 is 0 Å². The second-order valence-corrected chi connectivity index (χ2v) is 5.83. The average molecular weight is 265 g/mol. The van der Waals surface area contributed by atoms with E-state index in [2.05, 4.69) is 0 Å². The molecule has 1 aliphatic carbocycles. The van der Waals surface area contributed by atoms with Crippen LogP contribution < -0.4 is 0 Å². The molecule has 0 radical (unpaired) electrons. The van der Waals surface area contributed by atoms with Gasteiger partial charge in [-0.05, 0) is 44.4 Å². The van der Waals surface area contributed by atoms with Crippen molar-refractivity contribution >= 4 is 6.09 Å². The Morgan fingerprint density at radius 3 is 2.37 bits per heavy atom. The third-order valence-electron chi connectivity index (χ3n) is 4.41. The van der Waals surface area contributed by atoms with Crippen molar-refractivity contribution in [3.05, 3.63) is 11.1 Å². The van der Waals surface area contributed by atoms with E-state index in [9.17, 15) is 4.79 Å². The molecule has 0 aromatic rings. The van der Waals surface area contributed by atoms with Crippen LogP contribution in [0.5, 0.6) is 0 Å². The van der Waals surface area contributed by atoms with Gasteiger partial charge in [-0.25, -0.2) is 4.79 Å². The monoisotopic (exact) mass is 265 g/mol. The predicted molar refractivity (Wildman–Crippen MR) is 72.0 cm³/mol. The van der Waals surface area contributed by atoms with Gasteiger partial charge in [-0.2, -0.15) is 0 Å². The molecule has 2 heterocycles. The minimum Gasteiger partial charge on any atom is -0.449 e. The van der Waals surface area contributed by atoms with Crippen LogP contribution in [0.1, 0.15) is 38.5 Å². The van der Waals surface area contributed by atoms with E-state index >= 15 is 0 Å². The number of likely N-dealkylation sites (tertiary alicyclic amines) is 1. The van der Waals surface area contributed by atoms with Crippen LogP contribution in [0.4, 0.5) is 4.79 Å². The first-order chi connectivity index (χ1) is 9.33. The highest BCUT2D eigenvalue weighted by atomic mass is 16.6. The zero-order valence-electron chi connectivity index (χ0n) is 11.5. The Morgan fingerprint density at radius 2 is 1.74 bits per heavy atom. The molecule has 19 heavy (non-hydrogen) atoms. The number of rotatable bonds is 2. The molecular formula is C15H23NO3. The molecule has 3 aliphatic rings. The number of hydrogen-bond acceptors (Lipinski definition) is 3. The molecule has 4 heteroatoms. The molecule has 1 amide bonds. The van der Waals surface area contributed by atoms with E-state index < -0.39 is 0 Å². The summed E-state index contributed by atoms with van der Waals surface area (Å²) in [6.45, 7) is 3.86. The molecule has 4 nitrogen and oxygen atoms in total. The average Bonchev–Trinajstić information content (AvgIpc) is 3.31. The lowest BCUT2D eigenvalue weighted by atomic mass is 10.0. The zero-order chi connectivity index (χ0) is 13.1. The predicted octanol–water partition coefficient (Wildman–Crippen LogP) is 2.74. The summed E-state index contributed by atoms with van der Waals surface area (Å²) in [6, 6.07) is 0. The summed E-state index contributed by atoms with van der Waals surface area (Å²) in [6.07, 6.45) is 6.62. The molecule has 0 spiro atoms. The number of carbonyl (C=O) groups excluding carboxylic acids is 1. The second kappa shape index (κ2) is 5.95. The first-order valence-corrected chi connectivity index (χ1v) is 7.52. The summed E-state index contributed by atoms with van der Waals surface area (Å²) >= 11 is 0. The van der Waals surface area contributed by atoms with Crippen molar-refractivity contribution < 1.29 is 14.3 Å². The van der Waals surface area contributed by atoms with Crippen molar-refractivity contribution in [1.82, 2.24) is 4.90 Å². The highest BCUT2D eigenvalue weighted by Gasteiger charge is 2.25. The smallest absolute Gasteiger partial charge is 0.409 e. The molecular weight excluding hydrogens is 242 g/mol. The first kappa shape index (κ1) is 13.0. The molecule has 106 valence electrons. The van der Waals surface area contributed by atoms with Gasteiger partial charge in [-0.3, -0.25) is 0 Å². The molecule has 2 aliphatic heterocycles. The third kappa shape index (κ3) is 3.50. The van der Waals surface area contributed by atoms with Gasteiger partial charge in [0.15, 0.2) is 0 Å². The fraction of sp³-hybridized carbons (Fsp3) is 0.800. The summed E-state index contributed by atoms with van der Waals surface area (Å²) in [5, 5.41) is 0. The molecule has 0 aromatic heterocycles. The standard InChI is InChI=1S/C15H23NO3/c17-15(19-11-12-5-9-18-10-6-12)16-7-3-14(4-8-16)13-1-2-13/h12H,1-11H2. The molecule has 0 atom stereocenters. The van der Waals surface area contributed by atoms with Crippen LogP contribution in [0.25, 0.3) is 0 Å². The summed E-state index contributed by atoms with van der Waals surface area (Å²) in [7, 11) is 0. The number of allylic oxidation sites excluding steroid dienone is 1. The fourth-order valence-corrected chi connectivity index (χ4v) is 2.92. The third-order valence-corrected chi connectivity index (χ3v) is 4.41. The summed E-state index contributed by atoms with van der Waals surface area (Å²) in [5.74, 6) is 0.492. The van der Waals surface area contributed by atoms with Gasteiger partial charge in [0, 0.05) is 26.3 Å². The maximum atomic E-state index is 12.0. The van der Waals surface area contributed by atoms with Crippen molar-refractivity contribution in [2.75, 3.05) is 32.9 Å². The number of amides is 1. The van der Waals surface area contributed by atoms with Gasteiger partial charge in [0.05, 0.1) is 6.61 Å². The minimum atomic E-state index is -0.119. The molecule has 0 aromatic carbocycles. The van der Waals surface area contributed by atoms with E-state index in [-0.39, 0.29) is 6.09 Å². The molecule has 3 rings (SSSR count). The Balaban J connectivity index is 1.39. The number of ether oxygens (including phenoxy) is 2. The van der Waals surface area contributed by atoms with E-state index in [0.717, 1.165) is 52.0 Å². The van der Waals surface area contributed by atoms with Crippen molar-refractivity contribution in [3.8, 4) is 0 Å². The van der Waals surface area contributed by atoms with Gasteiger partial charge in [0.1, 0.15) is 0 Å². The minimum absolute atomic E-state index is 0.119. The Kier molecular flexibility index (Phi) is 4.06. The molecule has 1 saturated carbocycles. The van der Waals surface area contributed by atoms with Gasteiger partial charge < -0.3 is 14.4 Å². The van der Waals surface area contributed by atoms with Crippen LogP contribution in [-0.2, 0) is 9.47 Å². The summed E-state index contributed by atoms with van der Waals surface area (Å²) in [4.78, 5) is 13.9. The molecule has 3 fully saturated rings. The Morgan fingerprint density at radius 1 is 1.11 bits per heavy atom. The van der Waals surface area contributed by atoms with E-state index in [1.165, 1.54) is 12.8 Å². The number of hydrogen-bond donors (Lipinski definition) is 0. The van der Waals surface area contributed by atoms with Crippen LogP contribution in [0.15, 0.2) is 11.1 Å². The van der Waals surface area contributed by atoms with Crippen LogP contribution in [0.2, 0.25) is 0 Å². The van der Waals surface area contributed by atoms with Gasteiger partial charge in [0.2, 0.25) is 0 Å². The Labute approximate surface area is 114 Å². The van der Waals surface area contributed by atoms with Crippen molar-refractivity contribution in [3.63, 3.8) is 0 Å². The number of carbonyl (C=O) groups is 1. The van der Waals surface area contributed by atoms with Gasteiger partial charge >= 0.3 is 6.09 Å². The van der Waals surface area contributed by atoms with E-state index in [1.807, 2.05) is 4.90 Å². The maximum absolute atomic E-state index is 12.0.